The Labute approximate surface area is 145 Å². The van der Waals surface area contributed by atoms with Gasteiger partial charge in [-0.15, -0.1) is 0 Å². The Kier molecular flexibility index (Phi) is 6.52. The third-order valence-electron chi connectivity index (χ3n) is 4.07. The van der Waals surface area contributed by atoms with Crippen LogP contribution in [0.2, 0.25) is 0 Å². The van der Waals surface area contributed by atoms with Crippen LogP contribution in [-0.4, -0.2) is 48.3 Å². The lowest BCUT2D eigenvalue weighted by Gasteiger charge is -2.31. The molecule has 140 valence electrons. The first-order valence-corrected chi connectivity index (χ1v) is 8.28. The molecule has 2 atom stereocenters. The number of hydrogen-bond donors (Lipinski definition) is 2. The van der Waals surface area contributed by atoms with E-state index in [0.29, 0.717) is 11.9 Å². The van der Waals surface area contributed by atoms with Gasteiger partial charge in [0.05, 0.1) is 12.1 Å². The van der Waals surface area contributed by atoms with Crippen molar-refractivity contribution >= 4 is 5.96 Å². The molecule has 3 N–H and O–H groups in total. The molecule has 1 aromatic carbocycles. The van der Waals surface area contributed by atoms with E-state index in [1.54, 1.807) is 0 Å². The van der Waals surface area contributed by atoms with Crippen molar-refractivity contribution in [2.24, 2.45) is 16.6 Å². The molecule has 0 bridgehead atoms. The normalized spacial score (nSPS) is 20.4. The fraction of sp³-hybridized carbons (Fsp3) is 0.588. The van der Waals surface area contributed by atoms with E-state index in [2.05, 4.69) is 11.9 Å². The molecule has 1 aliphatic heterocycles. The number of piperidine rings is 1. The molecule has 0 amide bonds. The van der Waals surface area contributed by atoms with Crippen LogP contribution in [0.1, 0.15) is 25.3 Å². The number of aliphatic imine (C=N–C) groups is 1. The van der Waals surface area contributed by atoms with Crippen LogP contribution >= 0.6 is 0 Å². The fourth-order valence-corrected chi connectivity index (χ4v) is 2.68. The second kappa shape index (κ2) is 8.42. The minimum atomic E-state index is -4.38. The number of likely N-dealkylation sites (tertiary alicyclic amines) is 1. The standard InChI is InChI=1S/C17H24F3N3O2/c1-12-3-2-8-23(10-12)16(21)22-9-14(24)11-25-15-6-4-13(5-7-15)17(18,19)20/h4-7,12,14,24H,2-3,8-11H2,1H3,(H2,21,22). The predicted molar refractivity (Wildman–Crippen MR) is 89.4 cm³/mol. The monoisotopic (exact) mass is 359 g/mol. The molecular formula is C17H24F3N3O2. The van der Waals surface area contributed by atoms with E-state index < -0.39 is 17.8 Å². The van der Waals surface area contributed by atoms with Crippen molar-refractivity contribution < 1.29 is 23.0 Å². The summed E-state index contributed by atoms with van der Waals surface area (Å²) in [4.78, 5) is 6.18. The van der Waals surface area contributed by atoms with Crippen molar-refractivity contribution in [1.29, 1.82) is 0 Å². The Balaban J connectivity index is 1.78. The number of hydrogen-bond acceptors (Lipinski definition) is 3. The van der Waals surface area contributed by atoms with Crippen LogP contribution in [0.5, 0.6) is 5.75 Å². The van der Waals surface area contributed by atoms with Crippen LogP contribution in [0, 0.1) is 5.92 Å². The predicted octanol–water partition coefficient (Wildman–Crippen LogP) is 2.49. The van der Waals surface area contributed by atoms with E-state index in [-0.39, 0.29) is 18.9 Å². The van der Waals surface area contributed by atoms with Gasteiger partial charge in [-0.25, -0.2) is 0 Å². The number of alkyl halides is 3. The molecule has 0 aliphatic carbocycles. The summed E-state index contributed by atoms with van der Waals surface area (Å²) in [6.45, 7) is 3.88. The topological polar surface area (TPSA) is 71.1 Å². The number of aliphatic hydroxyl groups is 1. The molecule has 1 heterocycles. The zero-order valence-corrected chi connectivity index (χ0v) is 14.2. The van der Waals surface area contributed by atoms with Crippen molar-refractivity contribution in [3.63, 3.8) is 0 Å². The molecule has 1 saturated heterocycles. The third-order valence-corrected chi connectivity index (χ3v) is 4.07. The zero-order valence-electron chi connectivity index (χ0n) is 14.2. The Hall–Kier alpha value is -1.96. The molecule has 2 unspecified atom stereocenters. The zero-order chi connectivity index (χ0) is 18.4. The van der Waals surface area contributed by atoms with Gasteiger partial charge in [0, 0.05) is 13.1 Å². The first kappa shape index (κ1) is 19.4. The van der Waals surface area contributed by atoms with Crippen molar-refractivity contribution in [2.45, 2.75) is 32.0 Å². The molecule has 5 nitrogen and oxygen atoms in total. The Bertz CT molecular complexity index is 575. The molecule has 0 radical (unpaired) electrons. The second-order valence-corrected chi connectivity index (χ2v) is 6.38. The number of nitrogens with zero attached hydrogens (tertiary/aromatic N) is 2. The summed E-state index contributed by atoms with van der Waals surface area (Å²) in [7, 11) is 0. The van der Waals surface area contributed by atoms with Gasteiger partial charge >= 0.3 is 6.18 Å². The molecule has 0 aromatic heterocycles. The largest absolute Gasteiger partial charge is 0.491 e. The van der Waals surface area contributed by atoms with Gasteiger partial charge in [-0.1, -0.05) is 6.92 Å². The van der Waals surface area contributed by atoms with Gasteiger partial charge in [-0.05, 0) is 43.0 Å². The Morgan fingerprint density at radius 2 is 2.08 bits per heavy atom. The maximum atomic E-state index is 12.5. The second-order valence-electron chi connectivity index (χ2n) is 6.38. The molecule has 0 spiro atoms. The van der Waals surface area contributed by atoms with Gasteiger partial charge in [-0.2, -0.15) is 13.2 Å². The first-order chi connectivity index (χ1) is 11.8. The molecule has 2 rings (SSSR count). The van der Waals surface area contributed by atoms with Crippen molar-refractivity contribution in [2.75, 3.05) is 26.2 Å². The minimum absolute atomic E-state index is 0.0709. The number of rotatable bonds is 5. The average molecular weight is 359 g/mol. The molecular weight excluding hydrogens is 335 g/mol. The highest BCUT2D eigenvalue weighted by Crippen LogP contribution is 2.30. The maximum absolute atomic E-state index is 12.5. The highest BCUT2D eigenvalue weighted by atomic mass is 19.4. The van der Waals surface area contributed by atoms with Crippen LogP contribution in [0.4, 0.5) is 13.2 Å². The van der Waals surface area contributed by atoms with Crippen LogP contribution in [0.15, 0.2) is 29.3 Å². The van der Waals surface area contributed by atoms with Gasteiger partial charge < -0.3 is 20.5 Å². The maximum Gasteiger partial charge on any atom is 0.416 e. The van der Waals surface area contributed by atoms with Gasteiger partial charge in [0.2, 0.25) is 0 Å². The molecule has 1 aromatic rings. The Morgan fingerprint density at radius 1 is 1.40 bits per heavy atom. The SMILES string of the molecule is CC1CCCN(C(N)=NCC(O)COc2ccc(C(F)(F)F)cc2)C1. The van der Waals surface area contributed by atoms with E-state index in [4.69, 9.17) is 10.5 Å². The lowest BCUT2D eigenvalue weighted by molar-refractivity contribution is -0.137. The summed E-state index contributed by atoms with van der Waals surface area (Å²) < 4.78 is 42.7. The molecule has 8 heteroatoms. The summed E-state index contributed by atoms with van der Waals surface area (Å²) in [6.07, 6.45) is -3.02. The van der Waals surface area contributed by atoms with Crippen LogP contribution < -0.4 is 10.5 Å². The Morgan fingerprint density at radius 3 is 2.68 bits per heavy atom. The molecule has 0 saturated carbocycles. The number of aliphatic hydroxyl groups excluding tert-OH is 1. The summed E-state index contributed by atoms with van der Waals surface area (Å²) in [5, 5.41) is 9.91. The summed E-state index contributed by atoms with van der Waals surface area (Å²) in [5.74, 6) is 1.23. The number of nitrogens with two attached hydrogens (primary N) is 1. The third kappa shape index (κ3) is 6.12. The highest BCUT2D eigenvalue weighted by molar-refractivity contribution is 5.78. The van der Waals surface area contributed by atoms with Gasteiger partial charge in [0.1, 0.15) is 18.5 Å². The molecule has 1 fully saturated rings. The lowest BCUT2D eigenvalue weighted by atomic mass is 10.0. The molecule has 1 aliphatic rings. The quantitative estimate of drug-likeness (QED) is 0.626. The van der Waals surface area contributed by atoms with Gasteiger partial charge in [0.15, 0.2) is 5.96 Å². The average Bonchev–Trinajstić information content (AvgIpc) is 2.57. The van der Waals surface area contributed by atoms with Gasteiger partial charge in [0.25, 0.3) is 0 Å². The van der Waals surface area contributed by atoms with E-state index in [1.165, 1.54) is 18.6 Å². The minimum Gasteiger partial charge on any atom is -0.491 e. The van der Waals surface area contributed by atoms with Crippen LogP contribution in [0.3, 0.4) is 0 Å². The number of guanidine groups is 1. The summed E-state index contributed by atoms with van der Waals surface area (Å²) in [5.41, 5.74) is 5.20. The van der Waals surface area contributed by atoms with Crippen LogP contribution in [-0.2, 0) is 6.18 Å². The van der Waals surface area contributed by atoms with Crippen LogP contribution in [0.25, 0.3) is 0 Å². The van der Waals surface area contributed by atoms with E-state index in [0.717, 1.165) is 31.6 Å². The highest BCUT2D eigenvalue weighted by Gasteiger charge is 2.30. The van der Waals surface area contributed by atoms with E-state index >= 15 is 0 Å². The first-order valence-electron chi connectivity index (χ1n) is 8.28. The van der Waals surface area contributed by atoms with Crippen molar-refractivity contribution in [3.05, 3.63) is 29.8 Å². The molecule has 25 heavy (non-hydrogen) atoms. The number of ether oxygens (including phenoxy) is 1. The van der Waals surface area contributed by atoms with Crippen molar-refractivity contribution in [3.8, 4) is 5.75 Å². The van der Waals surface area contributed by atoms with Gasteiger partial charge in [-0.3, -0.25) is 4.99 Å². The number of halogens is 3. The fourth-order valence-electron chi connectivity index (χ4n) is 2.68. The lowest BCUT2D eigenvalue weighted by Crippen LogP contribution is -2.44. The van der Waals surface area contributed by atoms with Crippen molar-refractivity contribution in [1.82, 2.24) is 4.90 Å². The summed E-state index contributed by atoms with van der Waals surface area (Å²) in [6, 6.07) is 4.33. The summed E-state index contributed by atoms with van der Waals surface area (Å²) >= 11 is 0. The smallest absolute Gasteiger partial charge is 0.416 e. The number of benzene rings is 1. The van der Waals surface area contributed by atoms with E-state index in [1.807, 2.05) is 4.90 Å². The van der Waals surface area contributed by atoms with E-state index in [9.17, 15) is 18.3 Å².